The van der Waals surface area contributed by atoms with E-state index in [0.29, 0.717) is 12.5 Å². The van der Waals surface area contributed by atoms with Crippen LogP contribution in [0.4, 0.5) is 0 Å². The SMILES string of the molecule is CCc1ccc2c(c1)cc(C(C)C)n2CCO. The first kappa shape index (κ1) is 12.2. The third-order valence-electron chi connectivity index (χ3n) is 3.32. The van der Waals surface area contributed by atoms with Gasteiger partial charge in [-0.05, 0) is 36.1 Å². The standard InChI is InChI=1S/C15H21NO/c1-4-12-5-6-14-13(9-12)10-15(11(2)3)16(14)7-8-17/h5-6,9-11,17H,4,7-8H2,1-3H3. The molecule has 0 aliphatic rings. The van der Waals surface area contributed by atoms with E-state index >= 15 is 0 Å². The lowest BCUT2D eigenvalue weighted by atomic mass is 10.1. The average molecular weight is 231 g/mol. The molecule has 1 heterocycles. The van der Waals surface area contributed by atoms with Gasteiger partial charge in [0.15, 0.2) is 0 Å². The van der Waals surface area contributed by atoms with Crippen molar-refractivity contribution in [1.82, 2.24) is 4.57 Å². The van der Waals surface area contributed by atoms with Gasteiger partial charge in [0.05, 0.1) is 6.61 Å². The van der Waals surface area contributed by atoms with Crippen LogP contribution >= 0.6 is 0 Å². The molecule has 0 aliphatic carbocycles. The van der Waals surface area contributed by atoms with Crippen LogP contribution in [0, 0.1) is 0 Å². The Morgan fingerprint density at radius 1 is 1.24 bits per heavy atom. The maximum atomic E-state index is 9.18. The minimum absolute atomic E-state index is 0.193. The summed E-state index contributed by atoms with van der Waals surface area (Å²) in [5.41, 5.74) is 3.91. The molecule has 2 aromatic rings. The van der Waals surface area contributed by atoms with E-state index in [9.17, 15) is 5.11 Å². The van der Waals surface area contributed by atoms with Crippen LogP contribution in [0.25, 0.3) is 10.9 Å². The summed E-state index contributed by atoms with van der Waals surface area (Å²) in [5, 5.41) is 10.5. The van der Waals surface area contributed by atoms with Crippen molar-refractivity contribution in [1.29, 1.82) is 0 Å². The molecule has 2 heteroatoms. The highest BCUT2D eigenvalue weighted by molar-refractivity contribution is 5.82. The Labute approximate surface area is 103 Å². The molecule has 0 radical (unpaired) electrons. The summed E-state index contributed by atoms with van der Waals surface area (Å²) in [4.78, 5) is 0. The zero-order valence-electron chi connectivity index (χ0n) is 10.9. The Kier molecular flexibility index (Phi) is 3.53. The molecule has 92 valence electrons. The number of nitrogens with zero attached hydrogens (tertiary/aromatic N) is 1. The summed E-state index contributed by atoms with van der Waals surface area (Å²) in [6, 6.07) is 8.87. The van der Waals surface area contributed by atoms with Crippen LogP contribution in [0.1, 0.15) is 37.9 Å². The maximum Gasteiger partial charge on any atom is 0.0610 e. The number of hydrogen-bond acceptors (Lipinski definition) is 1. The summed E-state index contributed by atoms with van der Waals surface area (Å²) < 4.78 is 2.24. The van der Waals surface area contributed by atoms with Crippen LogP contribution in [0.5, 0.6) is 0 Å². The van der Waals surface area contributed by atoms with Gasteiger partial charge in [0.2, 0.25) is 0 Å². The molecule has 2 rings (SSSR count). The molecule has 0 amide bonds. The van der Waals surface area contributed by atoms with Gasteiger partial charge >= 0.3 is 0 Å². The summed E-state index contributed by atoms with van der Waals surface area (Å²) in [6.07, 6.45) is 1.07. The molecular weight excluding hydrogens is 210 g/mol. The zero-order chi connectivity index (χ0) is 12.4. The highest BCUT2D eigenvalue weighted by Crippen LogP contribution is 2.26. The van der Waals surface area contributed by atoms with E-state index in [2.05, 4.69) is 49.6 Å². The maximum absolute atomic E-state index is 9.18. The fraction of sp³-hybridized carbons (Fsp3) is 0.467. The molecule has 0 bridgehead atoms. The minimum Gasteiger partial charge on any atom is -0.395 e. The molecule has 17 heavy (non-hydrogen) atoms. The summed E-state index contributed by atoms with van der Waals surface area (Å²) >= 11 is 0. The number of aromatic nitrogens is 1. The minimum atomic E-state index is 0.193. The van der Waals surface area contributed by atoms with Crippen molar-refractivity contribution in [3.63, 3.8) is 0 Å². The van der Waals surface area contributed by atoms with Crippen LogP contribution in [0.15, 0.2) is 24.3 Å². The largest absolute Gasteiger partial charge is 0.395 e. The van der Waals surface area contributed by atoms with Crippen LogP contribution in [-0.4, -0.2) is 16.3 Å². The van der Waals surface area contributed by atoms with E-state index in [1.807, 2.05) is 0 Å². The molecule has 1 N–H and O–H groups in total. The molecular formula is C15H21NO. The van der Waals surface area contributed by atoms with Crippen molar-refractivity contribution in [3.8, 4) is 0 Å². The van der Waals surface area contributed by atoms with Crippen LogP contribution in [0.2, 0.25) is 0 Å². The first-order chi connectivity index (χ1) is 8.17. The van der Waals surface area contributed by atoms with E-state index < -0.39 is 0 Å². The monoisotopic (exact) mass is 231 g/mol. The summed E-state index contributed by atoms with van der Waals surface area (Å²) in [5.74, 6) is 0.485. The van der Waals surface area contributed by atoms with Crippen LogP contribution < -0.4 is 0 Å². The van der Waals surface area contributed by atoms with Crippen molar-refractivity contribution in [2.24, 2.45) is 0 Å². The molecule has 0 aliphatic heterocycles. The molecule has 0 atom stereocenters. The van der Waals surface area contributed by atoms with Gasteiger partial charge in [-0.15, -0.1) is 0 Å². The predicted octanol–water partition coefficient (Wildman–Crippen LogP) is 3.32. The van der Waals surface area contributed by atoms with E-state index in [0.717, 1.165) is 6.42 Å². The lowest BCUT2D eigenvalue weighted by Gasteiger charge is -2.11. The molecule has 2 nitrogen and oxygen atoms in total. The van der Waals surface area contributed by atoms with Gasteiger partial charge in [-0.25, -0.2) is 0 Å². The van der Waals surface area contributed by atoms with Gasteiger partial charge in [-0.3, -0.25) is 0 Å². The summed E-state index contributed by atoms with van der Waals surface area (Å²) in [6.45, 7) is 7.45. The smallest absolute Gasteiger partial charge is 0.0610 e. The Hall–Kier alpha value is -1.28. The Morgan fingerprint density at radius 3 is 2.59 bits per heavy atom. The Bertz CT molecular complexity index is 511. The second-order valence-electron chi connectivity index (χ2n) is 4.85. The Morgan fingerprint density at radius 2 is 2.00 bits per heavy atom. The van der Waals surface area contributed by atoms with Crippen molar-refractivity contribution >= 4 is 10.9 Å². The Balaban J connectivity index is 2.61. The van der Waals surface area contributed by atoms with Crippen LogP contribution in [0.3, 0.4) is 0 Å². The first-order valence-electron chi connectivity index (χ1n) is 6.40. The number of rotatable bonds is 4. The fourth-order valence-corrected chi connectivity index (χ4v) is 2.39. The number of hydrogen-bond donors (Lipinski definition) is 1. The summed E-state index contributed by atoms with van der Waals surface area (Å²) in [7, 11) is 0. The molecule has 1 aromatic heterocycles. The van der Waals surface area contributed by atoms with Gasteiger partial charge in [-0.1, -0.05) is 26.8 Å². The van der Waals surface area contributed by atoms with E-state index in [-0.39, 0.29) is 6.61 Å². The van der Waals surface area contributed by atoms with E-state index in [1.54, 1.807) is 0 Å². The van der Waals surface area contributed by atoms with Crippen molar-refractivity contribution in [3.05, 3.63) is 35.5 Å². The van der Waals surface area contributed by atoms with Crippen molar-refractivity contribution < 1.29 is 5.11 Å². The van der Waals surface area contributed by atoms with Gasteiger partial charge in [0.25, 0.3) is 0 Å². The third kappa shape index (κ3) is 2.22. The molecule has 0 saturated heterocycles. The zero-order valence-corrected chi connectivity index (χ0v) is 10.9. The highest BCUT2D eigenvalue weighted by Gasteiger charge is 2.11. The molecule has 1 aromatic carbocycles. The first-order valence-corrected chi connectivity index (χ1v) is 6.40. The lowest BCUT2D eigenvalue weighted by Crippen LogP contribution is -2.07. The molecule has 0 saturated carbocycles. The van der Waals surface area contributed by atoms with Crippen molar-refractivity contribution in [2.45, 2.75) is 39.7 Å². The number of aliphatic hydroxyl groups excluding tert-OH is 1. The van der Waals surface area contributed by atoms with E-state index in [4.69, 9.17) is 0 Å². The molecule has 0 spiro atoms. The molecule has 0 unspecified atom stereocenters. The second kappa shape index (κ2) is 4.92. The number of benzene rings is 1. The fourth-order valence-electron chi connectivity index (χ4n) is 2.39. The second-order valence-corrected chi connectivity index (χ2v) is 4.85. The van der Waals surface area contributed by atoms with Gasteiger partial charge < -0.3 is 9.67 Å². The van der Waals surface area contributed by atoms with E-state index in [1.165, 1.54) is 22.2 Å². The topological polar surface area (TPSA) is 25.2 Å². The van der Waals surface area contributed by atoms with Gasteiger partial charge in [-0.2, -0.15) is 0 Å². The van der Waals surface area contributed by atoms with Gasteiger partial charge in [0, 0.05) is 23.1 Å². The normalized spacial score (nSPS) is 11.6. The van der Waals surface area contributed by atoms with Crippen LogP contribution in [-0.2, 0) is 13.0 Å². The van der Waals surface area contributed by atoms with Gasteiger partial charge in [0.1, 0.15) is 0 Å². The number of aliphatic hydroxyl groups is 1. The predicted molar refractivity (Wildman–Crippen MR) is 72.5 cm³/mol. The molecule has 0 fully saturated rings. The average Bonchev–Trinajstić information content (AvgIpc) is 2.68. The van der Waals surface area contributed by atoms with Crippen molar-refractivity contribution in [2.75, 3.05) is 6.61 Å². The number of aryl methyl sites for hydroxylation is 1. The lowest BCUT2D eigenvalue weighted by molar-refractivity contribution is 0.276. The quantitative estimate of drug-likeness (QED) is 0.858. The third-order valence-corrected chi connectivity index (χ3v) is 3.32. The highest BCUT2D eigenvalue weighted by atomic mass is 16.3. The number of fused-ring (bicyclic) bond motifs is 1.